The molecule has 1 rings (SSSR count). The second-order valence-corrected chi connectivity index (χ2v) is 4.78. The Balaban J connectivity index is 2.58. The van der Waals surface area contributed by atoms with Gasteiger partial charge >= 0.3 is 6.09 Å². The number of carbonyl (C=O) groups excluding carboxylic acids is 2. The van der Waals surface area contributed by atoms with Crippen molar-refractivity contribution >= 4 is 12.0 Å². The van der Waals surface area contributed by atoms with Gasteiger partial charge in [-0.25, -0.2) is 4.79 Å². The van der Waals surface area contributed by atoms with Crippen molar-refractivity contribution in [1.82, 2.24) is 15.5 Å². The lowest BCUT2D eigenvalue weighted by Crippen LogP contribution is -2.59. The van der Waals surface area contributed by atoms with Gasteiger partial charge in [-0.15, -0.1) is 0 Å². The van der Waals surface area contributed by atoms with Gasteiger partial charge in [-0.3, -0.25) is 9.69 Å². The average Bonchev–Trinajstić information content (AvgIpc) is 2.36. The normalized spacial score (nSPS) is 19.8. The zero-order chi connectivity index (χ0) is 13.5. The van der Waals surface area contributed by atoms with Crippen LogP contribution in [0.5, 0.6) is 0 Å². The molecule has 0 aromatic heterocycles. The van der Waals surface area contributed by atoms with Crippen LogP contribution in [0.2, 0.25) is 0 Å². The van der Waals surface area contributed by atoms with Crippen molar-refractivity contribution in [2.24, 2.45) is 5.92 Å². The van der Waals surface area contributed by atoms with Crippen LogP contribution in [0.1, 0.15) is 20.8 Å². The van der Waals surface area contributed by atoms with Crippen molar-refractivity contribution in [3.63, 3.8) is 0 Å². The quantitative estimate of drug-likeness (QED) is 0.754. The summed E-state index contributed by atoms with van der Waals surface area (Å²) < 4.78 is 5.18. The van der Waals surface area contributed by atoms with Gasteiger partial charge in [-0.2, -0.15) is 0 Å². The van der Waals surface area contributed by atoms with E-state index in [-0.39, 0.29) is 5.91 Å². The third kappa shape index (κ3) is 4.18. The van der Waals surface area contributed by atoms with Gasteiger partial charge in [0, 0.05) is 26.2 Å². The number of piperazine rings is 1. The molecule has 6 heteroatoms. The maximum atomic E-state index is 11.9. The lowest BCUT2D eigenvalue weighted by atomic mass is 10.2. The van der Waals surface area contributed by atoms with Crippen molar-refractivity contribution in [2.75, 3.05) is 32.8 Å². The summed E-state index contributed by atoms with van der Waals surface area (Å²) >= 11 is 0. The minimum Gasteiger partial charge on any atom is -0.449 e. The Hall–Kier alpha value is -1.30. The largest absolute Gasteiger partial charge is 0.449 e. The fraction of sp³-hybridized carbons (Fsp3) is 0.833. The van der Waals surface area contributed by atoms with Gasteiger partial charge in [0.15, 0.2) is 0 Å². The van der Waals surface area contributed by atoms with Gasteiger partial charge in [0.2, 0.25) is 5.91 Å². The summed E-state index contributed by atoms with van der Waals surface area (Å²) in [6.45, 7) is 8.41. The van der Waals surface area contributed by atoms with Crippen LogP contribution in [0.3, 0.4) is 0 Å². The predicted octanol–water partition coefficient (Wildman–Crippen LogP) is 0.189. The van der Waals surface area contributed by atoms with Crippen LogP contribution in [-0.2, 0) is 9.53 Å². The highest BCUT2D eigenvalue weighted by Crippen LogP contribution is 2.07. The maximum absolute atomic E-state index is 11.9. The molecule has 0 saturated carbocycles. The summed E-state index contributed by atoms with van der Waals surface area (Å²) in [4.78, 5) is 25.3. The molecule has 0 bridgehead atoms. The first-order valence-corrected chi connectivity index (χ1v) is 6.48. The lowest BCUT2D eigenvalue weighted by molar-refractivity contribution is -0.126. The fourth-order valence-corrected chi connectivity index (χ4v) is 1.77. The number of nitrogens with one attached hydrogen (secondary N) is 2. The number of carbonyl (C=O) groups is 2. The van der Waals surface area contributed by atoms with E-state index in [1.54, 1.807) is 0 Å². The Labute approximate surface area is 108 Å². The first-order valence-electron chi connectivity index (χ1n) is 6.48. The van der Waals surface area contributed by atoms with Gasteiger partial charge in [0.25, 0.3) is 0 Å². The van der Waals surface area contributed by atoms with Crippen LogP contribution in [0.4, 0.5) is 4.79 Å². The predicted molar refractivity (Wildman–Crippen MR) is 68.2 cm³/mol. The molecule has 18 heavy (non-hydrogen) atoms. The van der Waals surface area contributed by atoms with Crippen LogP contribution in [0.25, 0.3) is 0 Å². The van der Waals surface area contributed by atoms with Crippen molar-refractivity contribution in [1.29, 1.82) is 0 Å². The van der Waals surface area contributed by atoms with Crippen LogP contribution < -0.4 is 10.6 Å². The summed E-state index contributed by atoms with van der Waals surface area (Å²) in [7, 11) is 0. The van der Waals surface area contributed by atoms with Crippen LogP contribution in [-0.4, -0.2) is 55.7 Å². The van der Waals surface area contributed by atoms with Crippen LogP contribution >= 0.6 is 0 Å². The topological polar surface area (TPSA) is 70.7 Å². The molecule has 0 aliphatic carbocycles. The fourth-order valence-electron chi connectivity index (χ4n) is 1.77. The highest BCUT2D eigenvalue weighted by atomic mass is 16.6. The molecule has 0 spiro atoms. The third-order valence-electron chi connectivity index (χ3n) is 2.67. The third-order valence-corrected chi connectivity index (χ3v) is 2.67. The highest BCUT2D eigenvalue weighted by Gasteiger charge is 2.32. The minimum absolute atomic E-state index is 0.133. The molecule has 1 aliphatic rings. The van der Waals surface area contributed by atoms with E-state index in [1.165, 1.54) is 4.90 Å². The molecule has 1 aliphatic heterocycles. The van der Waals surface area contributed by atoms with Crippen LogP contribution in [0, 0.1) is 5.92 Å². The SMILES string of the molecule is CCNC(=O)C1CNCCN1C(=O)OCC(C)C. The van der Waals surface area contributed by atoms with Gasteiger partial charge in [-0.1, -0.05) is 13.8 Å². The van der Waals surface area contributed by atoms with Crippen molar-refractivity contribution in [3.05, 3.63) is 0 Å². The number of ether oxygens (including phenoxy) is 1. The Morgan fingerprint density at radius 2 is 2.22 bits per heavy atom. The van der Waals surface area contributed by atoms with Crippen molar-refractivity contribution in [2.45, 2.75) is 26.8 Å². The number of likely N-dealkylation sites (N-methyl/N-ethyl adjacent to an activating group) is 1. The number of hydrogen-bond donors (Lipinski definition) is 2. The van der Waals surface area contributed by atoms with E-state index in [4.69, 9.17) is 4.74 Å². The molecular weight excluding hydrogens is 234 g/mol. The van der Waals surface area contributed by atoms with E-state index in [0.29, 0.717) is 38.7 Å². The summed E-state index contributed by atoms with van der Waals surface area (Å²) in [5.74, 6) is 0.158. The second-order valence-electron chi connectivity index (χ2n) is 4.78. The number of nitrogens with zero attached hydrogens (tertiary/aromatic N) is 1. The monoisotopic (exact) mass is 257 g/mol. The molecule has 104 valence electrons. The first kappa shape index (κ1) is 14.8. The molecule has 0 radical (unpaired) electrons. The Kier molecular flexibility index (Phi) is 5.91. The molecule has 2 amide bonds. The standard InChI is InChI=1S/C12H23N3O3/c1-4-14-11(16)10-7-13-5-6-15(10)12(17)18-8-9(2)3/h9-10,13H,4-8H2,1-3H3,(H,14,16). The van der Waals surface area contributed by atoms with Gasteiger partial charge < -0.3 is 15.4 Å². The molecule has 6 nitrogen and oxygen atoms in total. The van der Waals surface area contributed by atoms with Gasteiger partial charge in [0.05, 0.1) is 6.61 Å². The number of amides is 2. The molecule has 1 saturated heterocycles. The molecule has 0 aromatic carbocycles. The van der Waals surface area contributed by atoms with E-state index in [9.17, 15) is 9.59 Å². The highest BCUT2D eigenvalue weighted by molar-refractivity contribution is 5.86. The van der Waals surface area contributed by atoms with E-state index >= 15 is 0 Å². The number of rotatable bonds is 4. The molecule has 1 unspecified atom stereocenters. The summed E-state index contributed by atoms with van der Waals surface area (Å²) in [6, 6.07) is -0.474. The van der Waals surface area contributed by atoms with E-state index in [2.05, 4.69) is 10.6 Å². The summed E-state index contributed by atoms with van der Waals surface area (Å²) in [5, 5.41) is 5.85. The molecule has 1 heterocycles. The van der Waals surface area contributed by atoms with Crippen LogP contribution in [0.15, 0.2) is 0 Å². The lowest BCUT2D eigenvalue weighted by Gasteiger charge is -2.34. The van der Waals surface area contributed by atoms with E-state index in [0.717, 1.165) is 0 Å². The number of hydrogen-bond acceptors (Lipinski definition) is 4. The van der Waals surface area contributed by atoms with E-state index < -0.39 is 12.1 Å². The smallest absolute Gasteiger partial charge is 0.410 e. The Morgan fingerprint density at radius 1 is 1.50 bits per heavy atom. The molecule has 0 aromatic rings. The first-order chi connectivity index (χ1) is 8.56. The zero-order valence-corrected chi connectivity index (χ0v) is 11.4. The van der Waals surface area contributed by atoms with Gasteiger partial charge in [0.1, 0.15) is 6.04 Å². The zero-order valence-electron chi connectivity index (χ0n) is 11.4. The Bertz CT molecular complexity index is 294. The van der Waals surface area contributed by atoms with Crippen molar-refractivity contribution < 1.29 is 14.3 Å². The average molecular weight is 257 g/mol. The summed E-state index contributed by atoms with van der Waals surface area (Å²) in [6.07, 6.45) is -0.401. The molecule has 1 fully saturated rings. The maximum Gasteiger partial charge on any atom is 0.410 e. The van der Waals surface area contributed by atoms with Gasteiger partial charge in [-0.05, 0) is 12.8 Å². The minimum atomic E-state index is -0.474. The molecule has 2 N–H and O–H groups in total. The van der Waals surface area contributed by atoms with E-state index in [1.807, 2.05) is 20.8 Å². The molecular formula is C12H23N3O3. The van der Waals surface area contributed by atoms with Crippen molar-refractivity contribution in [3.8, 4) is 0 Å². The Morgan fingerprint density at radius 3 is 2.83 bits per heavy atom. The second kappa shape index (κ2) is 7.20. The summed E-state index contributed by atoms with van der Waals surface area (Å²) in [5.41, 5.74) is 0. The molecule has 1 atom stereocenters.